The summed E-state index contributed by atoms with van der Waals surface area (Å²) in [5.74, 6) is -0.289. The maximum absolute atomic E-state index is 12.7. The second-order valence-corrected chi connectivity index (χ2v) is 7.35. The van der Waals surface area contributed by atoms with Crippen LogP contribution in [0.4, 0.5) is 10.5 Å². The van der Waals surface area contributed by atoms with Crippen LogP contribution in [0.25, 0.3) is 0 Å². The van der Waals surface area contributed by atoms with E-state index in [4.69, 9.17) is 4.74 Å². The second-order valence-electron chi connectivity index (χ2n) is 7.35. The SMILES string of the molecule is CCCNC(=O)c1ccc(NC(=O)N2Cc3ccc(C(=O)NCCOC)cc3C2)cc1. The number of fused-ring (bicyclic) bond motifs is 1. The Morgan fingerprint density at radius 3 is 2.26 bits per heavy atom. The fourth-order valence-corrected chi connectivity index (χ4v) is 3.30. The number of hydrogen-bond donors (Lipinski definition) is 3. The molecule has 1 aliphatic heterocycles. The quantitative estimate of drug-likeness (QED) is 0.568. The largest absolute Gasteiger partial charge is 0.383 e. The first-order valence-electron chi connectivity index (χ1n) is 10.3. The van der Waals surface area contributed by atoms with E-state index in [2.05, 4.69) is 16.0 Å². The van der Waals surface area contributed by atoms with Crippen molar-refractivity contribution in [3.63, 3.8) is 0 Å². The van der Waals surface area contributed by atoms with Crippen LogP contribution in [0.1, 0.15) is 45.2 Å². The molecule has 1 heterocycles. The molecule has 8 nitrogen and oxygen atoms in total. The number of rotatable bonds is 8. The molecule has 164 valence electrons. The number of hydrogen-bond acceptors (Lipinski definition) is 4. The molecule has 0 bridgehead atoms. The van der Waals surface area contributed by atoms with Crippen LogP contribution in [0.15, 0.2) is 42.5 Å². The summed E-state index contributed by atoms with van der Waals surface area (Å²) in [6, 6.07) is 12.1. The Labute approximate surface area is 182 Å². The van der Waals surface area contributed by atoms with Crippen molar-refractivity contribution in [3.05, 3.63) is 64.7 Å². The number of carbonyl (C=O) groups is 3. The van der Waals surface area contributed by atoms with Crippen LogP contribution in [0.2, 0.25) is 0 Å². The highest BCUT2D eigenvalue weighted by molar-refractivity contribution is 5.96. The molecule has 2 aromatic carbocycles. The van der Waals surface area contributed by atoms with E-state index in [1.54, 1.807) is 42.3 Å². The number of nitrogens with zero attached hydrogens (tertiary/aromatic N) is 1. The van der Waals surface area contributed by atoms with E-state index in [1.165, 1.54) is 0 Å². The van der Waals surface area contributed by atoms with Crippen LogP contribution < -0.4 is 16.0 Å². The van der Waals surface area contributed by atoms with Gasteiger partial charge in [0.2, 0.25) is 0 Å². The first-order valence-corrected chi connectivity index (χ1v) is 10.3. The normalized spacial score (nSPS) is 12.3. The molecule has 2 aromatic rings. The lowest BCUT2D eigenvalue weighted by Crippen LogP contribution is -2.30. The van der Waals surface area contributed by atoms with Crippen molar-refractivity contribution in [1.29, 1.82) is 0 Å². The highest BCUT2D eigenvalue weighted by atomic mass is 16.5. The van der Waals surface area contributed by atoms with E-state index < -0.39 is 0 Å². The van der Waals surface area contributed by atoms with Gasteiger partial charge in [-0.25, -0.2) is 4.79 Å². The van der Waals surface area contributed by atoms with E-state index in [1.807, 2.05) is 19.1 Å². The summed E-state index contributed by atoms with van der Waals surface area (Å²) < 4.78 is 4.94. The van der Waals surface area contributed by atoms with Crippen molar-refractivity contribution < 1.29 is 19.1 Å². The Hall–Kier alpha value is -3.39. The summed E-state index contributed by atoms with van der Waals surface area (Å²) in [6.07, 6.45) is 0.873. The first-order chi connectivity index (χ1) is 15.0. The van der Waals surface area contributed by atoms with Gasteiger partial charge in [0.25, 0.3) is 11.8 Å². The fraction of sp³-hybridized carbons (Fsp3) is 0.348. The molecule has 8 heteroatoms. The summed E-state index contributed by atoms with van der Waals surface area (Å²) in [7, 11) is 1.58. The monoisotopic (exact) mass is 424 g/mol. The standard InChI is InChI=1S/C23H28N4O4/c1-3-10-24-21(28)16-6-8-20(9-7-16)26-23(30)27-14-18-5-4-17(13-19(18)15-27)22(29)25-11-12-31-2/h4-9,13H,3,10-12,14-15H2,1-2H3,(H,24,28)(H,25,29)(H,26,30). The molecule has 1 aliphatic rings. The van der Waals surface area contributed by atoms with Gasteiger partial charge in [-0.2, -0.15) is 0 Å². The van der Waals surface area contributed by atoms with Crippen molar-refractivity contribution in [2.45, 2.75) is 26.4 Å². The Morgan fingerprint density at radius 2 is 1.55 bits per heavy atom. The van der Waals surface area contributed by atoms with Gasteiger partial charge in [0.1, 0.15) is 0 Å². The number of amides is 4. The molecule has 0 unspecified atom stereocenters. The van der Waals surface area contributed by atoms with Crippen LogP contribution in [0, 0.1) is 0 Å². The third-order valence-electron chi connectivity index (χ3n) is 5.00. The predicted molar refractivity (Wildman–Crippen MR) is 118 cm³/mol. The smallest absolute Gasteiger partial charge is 0.322 e. The Bertz CT molecular complexity index is 943. The van der Waals surface area contributed by atoms with E-state index in [-0.39, 0.29) is 17.8 Å². The third-order valence-corrected chi connectivity index (χ3v) is 5.00. The molecular formula is C23H28N4O4. The highest BCUT2D eigenvalue weighted by Gasteiger charge is 2.24. The molecule has 0 saturated heterocycles. The van der Waals surface area contributed by atoms with Crippen molar-refractivity contribution in [3.8, 4) is 0 Å². The van der Waals surface area contributed by atoms with E-state index in [9.17, 15) is 14.4 Å². The minimum Gasteiger partial charge on any atom is -0.383 e. The summed E-state index contributed by atoms with van der Waals surface area (Å²) in [5.41, 5.74) is 3.71. The number of carbonyl (C=O) groups excluding carboxylic acids is 3. The first kappa shape index (κ1) is 22.3. The maximum Gasteiger partial charge on any atom is 0.322 e. The molecule has 0 aromatic heterocycles. The molecule has 0 atom stereocenters. The molecule has 3 rings (SSSR count). The maximum atomic E-state index is 12.7. The van der Waals surface area contributed by atoms with Crippen molar-refractivity contribution >= 4 is 23.5 Å². The van der Waals surface area contributed by atoms with Gasteiger partial charge in [-0.1, -0.05) is 13.0 Å². The van der Waals surface area contributed by atoms with Crippen molar-refractivity contribution in [2.24, 2.45) is 0 Å². The van der Waals surface area contributed by atoms with E-state index in [0.717, 1.165) is 17.5 Å². The molecule has 0 aliphatic carbocycles. The van der Waals surface area contributed by atoms with Crippen LogP contribution in [-0.4, -0.2) is 49.6 Å². The van der Waals surface area contributed by atoms with Gasteiger partial charge < -0.3 is 25.6 Å². The summed E-state index contributed by atoms with van der Waals surface area (Å²) in [6.45, 7) is 4.43. The van der Waals surface area contributed by atoms with Crippen molar-refractivity contribution in [2.75, 3.05) is 32.1 Å². The molecule has 0 radical (unpaired) electrons. The molecule has 4 amide bonds. The summed E-state index contributed by atoms with van der Waals surface area (Å²) in [4.78, 5) is 38.6. The zero-order valence-corrected chi connectivity index (χ0v) is 17.9. The van der Waals surface area contributed by atoms with Gasteiger partial charge in [0.05, 0.1) is 6.61 Å². The molecule has 31 heavy (non-hydrogen) atoms. The fourth-order valence-electron chi connectivity index (χ4n) is 3.30. The average Bonchev–Trinajstić information content (AvgIpc) is 3.21. The van der Waals surface area contributed by atoms with Crippen LogP contribution in [-0.2, 0) is 17.8 Å². The topological polar surface area (TPSA) is 99.8 Å². The van der Waals surface area contributed by atoms with E-state index >= 15 is 0 Å². The lowest BCUT2D eigenvalue weighted by Gasteiger charge is -2.16. The third kappa shape index (κ3) is 5.82. The van der Waals surface area contributed by atoms with Crippen molar-refractivity contribution in [1.82, 2.24) is 15.5 Å². The van der Waals surface area contributed by atoms with Gasteiger partial charge in [0.15, 0.2) is 0 Å². The number of benzene rings is 2. The van der Waals surface area contributed by atoms with Crippen LogP contribution in [0.3, 0.4) is 0 Å². The number of ether oxygens (including phenoxy) is 1. The molecule has 0 saturated carbocycles. The molecule has 3 N–H and O–H groups in total. The molecule has 0 spiro atoms. The summed E-state index contributed by atoms with van der Waals surface area (Å²) in [5, 5.41) is 8.48. The van der Waals surface area contributed by atoms with Gasteiger partial charge in [-0.05, 0) is 53.9 Å². The van der Waals surface area contributed by atoms with Gasteiger partial charge in [-0.15, -0.1) is 0 Å². The van der Waals surface area contributed by atoms with Gasteiger partial charge in [-0.3, -0.25) is 9.59 Å². The van der Waals surface area contributed by atoms with Gasteiger partial charge >= 0.3 is 6.03 Å². The number of methoxy groups -OCH3 is 1. The Kier molecular flexibility index (Phi) is 7.61. The lowest BCUT2D eigenvalue weighted by atomic mass is 10.1. The number of urea groups is 1. The van der Waals surface area contributed by atoms with Crippen LogP contribution >= 0.6 is 0 Å². The highest BCUT2D eigenvalue weighted by Crippen LogP contribution is 2.25. The Morgan fingerprint density at radius 1 is 0.903 bits per heavy atom. The summed E-state index contributed by atoms with van der Waals surface area (Å²) >= 11 is 0. The number of nitrogens with one attached hydrogen (secondary N) is 3. The minimum absolute atomic E-state index is 0.128. The van der Waals surface area contributed by atoms with E-state index in [0.29, 0.717) is 49.6 Å². The Balaban J connectivity index is 1.56. The number of anilines is 1. The van der Waals surface area contributed by atoms with Crippen LogP contribution in [0.5, 0.6) is 0 Å². The minimum atomic E-state index is -0.231. The van der Waals surface area contributed by atoms with Gasteiger partial charge in [0, 0.05) is 50.1 Å². The molecule has 0 fully saturated rings. The predicted octanol–water partition coefficient (Wildman–Crippen LogP) is 2.75. The molecular weight excluding hydrogens is 396 g/mol. The zero-order chi connectivity index (χ0) is 22.2. The zero-order valence-electron chi connectivity index (χ0n) is 17.9. The lowest BCUT2D eigenvalue weighted by molar-refractivity contribution is 0.0934. The second kappa shape index (κ2) is 10.6. The average molecular weight is 425 g/mol.